The van der Waals surface area contributed by atoms with Gasteiger partial charge >= 0.3 is 0 Å². The summed E-state index contributed by atoms with van der Waals surface area (Å²) >= 11 is 0. The lowest BCUT2D eigenvalue weighted by Crippen LogP contribution is -2.18. The van der Waals surface area contributed by atoms with Crippen molar-refractivity contribution in [1.29, 1.82) is 0 Å². The van der Waals surface area contributed by atoms with E-state index in [1.54, 1.807) is 0 Å². The Morgan fingerprint density at radius 2 is 1.89 bits per heavy atom. The van der Waals surface area contributed by atoms with E-state index in [2.05, 4.69) is 64.4 Å². The Morgan fingerprint density at radius 1 is 1.26 bits per heavy atom. The standard InChI is InChI=1S/C17H26N2/c1-11(18)9-14-12(2)19(6)16-8-7-13(10-15(14)16)17(3,4)5/h7-8,10-11H,9,18H2,1-6H3. The third-order valence-electron chi connectivity index (χ3n) is 4.02. The van der Waals surface area contributed by atoms with Crippen molar-refractivity contribution < 1.29 is 0 Å². The van der Waals surface area contributed by atoms with E-state index in [-0.39, 0.29) is 11.5 Å². The van der Waals surface area contributed by atoms with Gasteiger partial charge in [-0.3, -0.25) is 0 Å². The van der Waals surface area contributed by atoms with E-state index in [9.17, 15) is 0 Å². The van der Waals surface area contributed by atoms with Gasteiger partial charge in [-0.15, -0.1) is 0 Å². The molecule has 0 saturated carbocycles. The number of aromatic nitrogens is 1. The summed E-state index contributed by atoms with van der Waals surface area (Å²) in [6.45, 7) is 11.0. The van der Waals surface area contributed by atoms with Crippen molar-refractivity contribution in [2.45, 2.75) is 52.5 Å². The Balaban J connectivity index is 2.69. The van der Waals surface area contributed by atoms with Crippen molar-refractivity contribution in [2.75, 3.05) is 0 Å². The zero-order valence-corrected chi connectivity index (χ0v) is 13.0. The van der Waals surface area contributed by atoms with Crippen molar-refractivity contribution in [1.82, 2.24) is 4.57 Å². The maximum Gasteiger partial charge on any atom is 0.0482 e. The second-order valence-corrected chi connectivity index (χ2v) is 6.79. The third kappa shape index (κ3) is 2.55. The van der Waals surface area contributed by atoms with Gasteiger partial charge in [0.15, 0.2) is 0 Å². The molecule has 104 valence electrons. The van der Waals surface area contributed by atoms with Gasteiger partial charge in [-0.25, -0.2) is 0 Å². The Hall–Kier alpha value is -1.28. The highest BCUT2D eigenvalue weighted by Gasteiger charge is 2.18. The van der Waals surface area contributed by atoms with E-state index in [0.717, 1.165) is 6.42 Å². The number of fused-ring (bicyclic) bond motifs is 1. The highest BCUT2D eigenvalue weighted by Crippen LogP contribution is 2.31. The maximum atomic E-state index is 6.01. The van der Waals surface area contributed by atoms with Crippen molar-refractivity contribution >= 4 is 10.9 Å². The summed E-state index contributed by atoms with van der Waals surface area (Å²) in [6.07, 6.45) is 0.941. The van der Waals surface area contributed by atoms with Crippen LogP contribution in [0.1, 0.15) is 44.5 Å². The van der Waals surface area contributed by atoms with Gasteiger partial charge in [-0.1, -0.05) is 26.8 Å². The molecule has 1 unspecified atom stereocenters. The summed E-state index contributed by atoms with van der Waals surface area (Å²) in [5.74, 6) is 0. The number of rotatable bonds is 2. The first kappa shape index (κ1) is 14.1. The highest BCUT2D eigenvalue weighted by atomic mass is 14.9. The van der Waals surface area contributed by atoms with E-state index in [4.69, 9.17) is 5.73 Å². The zero-order valence-electron chi connectivity index (χ0n) is 13.0. The van der Waals surface area contributed by atoms with Crippen LogP contribution in [0, 0.1) is 6.92 Å². The fourth-order valence-electron chi connectivity index (χ4n) is 2.69. The molecule has 0 aliphatic heterocycles. The molecule has 0 saturated heterocycles. The van der Waals surface area contributed by atoms with Gasteiger partial charge in [-0.2, -0.15) is 0 Å². The van der Waals surface area contributed by atoms with Crippen LogP contribution in [-0.2, 0) is 18.9 Å². The molecule has 0 radical (unpaired) electrons. The number of benzene rings is 1. The molecule has 1 heterocycles. The van der Waals surface area contributed by atoms with Gasteiger partial charge in [0.25, 0.3) is 0 Å². The lowest BCUT2D eigenvalue weighted by Gasteiger charge is -2.19. The Bertz CT molecular complexity index is 598. The van der Waals surface area contributed by atoms with Crippen molar-refractivity contribution in [2.24, 2.45) is 12.8 Å². The fourth-order valence-corrected chi connectivity index (χ4v) is 2.69. The largest absolute Gasteiger partial charge is 0.348 e. The number of hydrogen-bond acceptors (Lipinski definition) is 1. The van der Waals surface area contributed by atoms with Gasteiger partial charge in [-0.05, 0) is 48.9 Å². The molecular weight excluding hydrogens is 232 g/mol. The van der Waals surface area contributed by atoms with Crippen LogP contribution in [0.2, 0.25) is 0 Å². The molecule has 19 heavy (non-hydrogen) atoms. The molecule has 0 aliphatic rings. The Labute approximate surface area is 116 Å². The molecule has 0 aliphatic carbocycles. The minimum Gasteiger partial charge on any atom is -0.348 e. The summed E-state index contributed by atoms with van der Waals surface area (Å²) in [5, 5.41) is 1.37. The van der Waals surface area contributed by atoms with Crippen molar-refractivity contribution in [3.05, 3.63) is 35.0 Å². The number of nitrogens with two attached hydrogens (primary N) is 1. The predicted octanol–water partition coefficient (Wildman–Crippen LogP) is 3.67. The van der Waals surface area contributed by atoms with Crippen LogP contribution in [0.15, 0.2) is 18.2 Å². The van der Waals surface area contributed by atoms with Crippen molar-refractivity contribution in [3.8, 4) is 0 Å². The van der Waals surface area contributed by atoms with E-state index in [1.807, 2.05) is 0 Å². The Kier molecular flexibility index (Phi) is 3.48. The van der Waals surface area contributed by atoms with E-state index in [1.165, 1.54) is 27.7 Å². The summed E-state index contributed by atoms with van der Waals surface area (Å²) in [5.41, 5.74) is 11.6. The molecule has 1 atom stereocenters. The summed E-state index contributed by atoms with van der Waals surface area (Å²) in [4.78, 5) is 0. The monoisotopic (exact) mass is 258 g/mol. The molecular formula is C17H26N2. The molecule has 2 rings (SSSR count). The topological polar surface area (TPSA) is 30.9 Å². The predicted molar refractivity (Wildman–Crippen MR) is 83.7 cm³/mol. The van der Waals surface area contributed by atoms with Gasteiger partial charge in [0.1, 0.15) is 0 Å². The van der Waals surface area contributed by atoms with Gasteiger partial charge < -0.3 is 10.3 Å². The van der Waals surface area contributed by atoms with E-state index < -0.39 is 0 Å². The van der Waals surface area contributed by atoms with Gasteiger partial charge in [0, 0.05) is 29.7 Å². The average molecular weight is 258 g/mol. The first-order valence-electron chi connectivity index (χ1n) is 7.05. The van der Waals surface area contributed by atoms with Crippen LogP contribution in [0.3, 0.4) is 0 Å². The molecule has 2 N–H and O–H groups in total. The summed E-state index contributed by atoms with van der Waals surface area (Å²) < 4.78 is 2.28. The molecule has 0 amide bonds. The molecule has 0 bridgehead atoms. The highest BCUT2D eigenvalue weighted by molar-refractivity contribution is 5.86. The first-order valence-corrected chi connectivity index (χ1v) is 7.05. The lowest BCUT2D eigenvalue weighted by molar-refractivity contribution is 0.591. The molecule has 1 aromatic heterocycles. The van der Waals surface area contributed by atoms with Crippen molar-refractivity contribution in [3.63, 3.8) is 0 Å². The molecule has 1 aromatic carbocycles. The number of aryl methyl sites for hydroxylation is 1. The first-order chi connectivity index (χ1) is 8.71. The fraction of sp³-hybridized carbons (Fsp3) is 0.529. The third-order valence-corrected chi connectivity index (χ3v) is 4.02. The normalized spacial score (nSPS) is 14.1. The van der Waals surface area contributed by atoms with Gasteiger partial charge in [0.2, 0.25) is 0 Å². The molecule has 2 heteroatoms. The second kappa shape index (κ2) is 4.68. The quantitative estimate of drug-likeness (QED) is 0.875. The zero-order chi connectivity index (χ0) is 14.4. The smallest absolute Gasteiger partial charge is 0.0482 e. The number of nitrogens with zero attached hydrogens (tertiary/aromatic N) is 1. The number of hydrogen-bond donors (Lipinski definition) is 1. The van der Waals surface area contributed by atoms with Crippen LogP contribution < -0.4 is 5.73 Å². The Morgan fingerprint density at radius 3 is 2.42 bits per heavy atom. The van der Waals surface area contributed by atoms with Crippen LogP contribution in [0.5, 0.6) is 0 Å². The minimum atomic E-state index is 0.184. The maximum absolute atomic E-state index is 6.01. The molecule has 0 spiro atoms. The summed E-state index contributed by atoms with van der Waals surface area (Å²) in [6, 6.07) is 7.04. The lowest BCUT2D eigenvalue weighted by atomic mass is 9.86. The molecule has 2 aromatic rings. The van der Waals surface area contributed by atoms with Crippen LogP contribution >= 0.6 is 0 Å². The molecule has 2 nitrogen and oxygen atoms in total. The molecule has 0 fully saturated rings. The average Bonchev–Trinajstić information content (AvgIpc) is 2.53. The van der Waals surface area contributed by atoms with E-state index >= 15 is 0 Å². The van der Waals surface area contributed by atoms with Crippen LogP contribution in [0.4, 0.5) is 0 Å². The minimum absolute atomic E-state index is 0.184. The SMILES string of the molecule is Cc1c(CC(C)N)c2cc(C(C)(C)C)ccc2n1C. The van der Waals surface area contributed by atoms with Crippen LogP contribution in [0.25, 0.3) is 10.9 Å². The second-order valence-electron chi connectivity index (χ2n) is 6.79. The van der Waals surface area contributed by atoms with Crippen LogP contribution in [-0.4, -0.2) is 10.6 Å². The summed E-state index contributed by atoms with van der Waals surface area (Å²) in [7, 11) is 2.14. The van der Waals surface area contributed by atoms with E-state index in [0.29, 0.717) is 0 Å². The van der Waals surface area contributed by atoms with Gasteiger partial charge in [0.05, 0.1) is 0 Å².